The number of carbonyl (C=O) groups excluding carboxylic acids is 1. The van der Waals surface area contributed by atoms with E-state index in [2.05, 4.69) is 11.9 Å². The van der Waals surface area contributed by atoms with E-state index < -0.39 is 6.09 Å². The molecule has 0 heterocycles. The summed E-state index contributed by atoms with van der Waals surface area (Å²) in [6.45, 7) is 8.04. The number of hydrogen-bond donors (Lipinski definition) is 2. The van der Waals surface area contributed by atoms with E-state index in [1.165, 1.54) is 0 Å². The fourth-order valence-corrected chi connectivity index (χ4v) is 1.52. The van der Waals surface area contributed by atoms with Gasteiger partial charge < -0.3 is 20.5 Å². The number of nitrogens with two attached hydrogens (primary N) is 1. The van der Waals surface area contributed by atoms with Crippen LogP contribution >= 0.6 is 0 Å². The van der Waals surface area contributed by atoms with Crippen LogP contribution in [-0.4, -0.2) is 19.2 Å². The van der Waals surface area contributed by atoms with E-state index in [1.807, 2.05) is 37.3 Å². The largest absolute Gasteiger partial charge is 0.465 e. The fourth-order valence-electron chi connectivity index (χ4n) is 1.52. The number of rotatable bonds is 7. The van der Waals surface area contributed by atoms with E-state index in [0.717, 1.165) is 11.1 Å². The SMILES string of the molecule is C=C(C)O/C(CNC(=O)OCc1ccccc1)=C(\C)CN. The van der Waals surface area contributed by atoms with E-state index in [-0.39, 0.29) is 13.2 Å². The average Bonchev–Trinajstić information content (AvgIpc) is 2.49. The summed E-state index contributed by atoms with van der Waals surface area (Å²) in [5, 5.41) is 2.63. The topological polar surface area (TPSA) is 73.6 Å². The number of ether oxygens (including phenoxy) is 2. The van der Waals surface area contributed by atoms with Crippen LogP contribution in [0.25, 0.3) is 0 Å². The third kappa shape index (κ3) is 6.63. The third-order valence-electron chi connectivity index (χ3n) is 2.69. The van der Waals surface area contributed by atoms with Crippen molar-refractivity contribution in [2.45, 2.75) is 20.5 Å². The van der Waals surface area contributed by atoms with E-state index in [9.17, 15) is 4.79 Å². The molecule has 1 rings (SSSR count). The zero-order valence-electron chi connectivity index (χ0n) is 12.5. The lowest BCUT2D eigenvalue weighted by Crippen LogP contribution is -2.28. The van der Waals surface area contributed by atoms with Crippen molar-refractivity contribution in [1.29, 1.82) is 0 Å². The maximum atomic E-state index is 11.7. The van der Waals surface area contributed by atoms with Gasteiger partial charge in [-0.2, -0.15) is 0 Å². The normalized spacial score (nSPS) is 11.4. The monoisotopic (exact) mass is 290 g/mol. The second kappa shape index (κ2) is 8.81. The van der Waals surface area contributed by atoms with Crippen LogP contribution in [0.2, 0.25) is 0 Å². The Hall–Kier alpha value is -2.27. The molecule has 0 aliphatic carbocycles. The van der Waals surface area contributed by atoms with Crippen molar-refractivity contribution in [3.63, 3.8) is 0 Å². The summed E-state index contributed by atoms with van der Waals surface area (Å²) < 4.78 is 10.6. The second-order valence-electron chi connectivity index (χ2n) is 4.63. The van der Waals surface area contributed by atoms with Gasteiger partial charge in [-0.15, -0.1) is 0 Å². The van der Waals surface area contributed by atoms with E-state index in [0.29, 0.717) is 18.1 Å². The zero-order chi connectivity index (χ0) is 15.7. The van der Waals surface area contributed by atoms with Gasteiger partial charge in [-0.3, -0.25) is 0 Å². The van der Waals surface area contributed by atoms with Crippen molar-refractivity contribution in [3.05, 3.63) is 59.6 Å². The number of benzene rings is 1. The van der Waals surface area contributed by atoms with Crippen molar-refractivity contribution in [2.24, 2.45) is 5.73 Å². The summed E-state index contributed by atoms with van der Waals surface area (Å²) >= 11 is 0. The first kappa shape index (κ1) is 16.8. The zero-order valence-corrected chi connectivity index (χ0v) is 12.5. The maximum absolute atomic E-state index is 11.7. The lowest BCUT2D eigenvalue weighted by Gasteiger charge is -2.14. The molecule has 0 fully saturated rings. The summed E-state index contributed by atoms with van der Waals surface area (Å²) in [4.78, 5) is 11.7. The van der Waals surface area contributed by atoms with Crippen molar-refractivity contribution in [3.8, 4) is 0 Å². The number of carbonyl (C=O) groups is 1. The van der Waals surface area contributed by atoms with E-state index in [4.69, 9.17) is 15.2 Å². The molecule has 5 heteroatoms. The smallest absolute Gasteiger partial charge is 0.407 e. The number of alkyl carbamates (subject to hydrolysis) is 1. The highest BCUT2D eigenvalue weighted by molar-refractivity contribution is 5.67. The standard InChI is InChI=1S/C16H22N2O3/c1-12(2)21-15(13(3)9-17)10-18-16(19)20-11-14-7-5-4-6-8-14/h4-8H,1,9-11,17H2,2-3H3,(H,18,19)/b15-13+. The minimum absolute atomic E-state index is 0.212. The molecule has 1 aromatic rings. The van der Waals surface area contributed by atoms with Crippen LogP contribution in [0.4, 0.5) is 4.79 Å². The van der Waals surface area contributed by atoms with E-state index >= 15 is 0 Å². The lowest BCUT2D eigenvalue weighted by atomic mass is 10.2. The Labute approximate surface area is 125 Å². The molecular formula is C16H22N2O3. The maximum Gasteiger partial charge on any atom is 0.407 e. The molecule has 0 radical (unpaired) electrons. The van der Waals surface area contributed by atoms with Crippen LogP contribution in [-0.2, 0) is 16.1 Å². The minimum atomic E-state index is -0.508. The highest BCUT2D eigenvalue weighted by Gasteiger charge is 2.08. The first-order chi connectivity index (χ1) is 10.0. The summed E-state index contributed by atoms with van der Waals surface area (Å²) in [6, 6.07) is 9.47. The Bertz CT molecular complexity index is 510. The number of allylic oxidation sites excluding steroid dienone is 1. The predicted octanol–water partition coefficient (Wildman–Crippen LogP) is 2.70. The summed E-state index contributed by atoms with van der Waals surface area (Å²) in [5.74, 6) is 1.12. The number of nitrogens with one attached hydrogen (secondary N) is 1. The van der Waals surface area contributed by atoms with Crippen LogP contribution in [0.1, 0.15) is 19.4 Å². The number of hydrogen-bond acceptors (Lipinski definition) is 4. The molecule has 0 saturated carbocycles. The quantitative estimate of drug-likeness (QED) is 0.757. The van der Waals surface area contributed by atoms with Crippen molar-refractivity contribution < 1.29 is 14.3 Å². The lowest BCUT2D eigenvalue weighted by molar-refractivity contribution is 0.138. The van der Waals surface area contributed by atoms with Gasteiger partial charge in [0.25, 0.3) is 0 Å². The molecular weight excluding hydrogens is 268 g/mol. The molecule has 0 saturated heterocycles. The molecule has 3 N–H and O–H groups in total. The van der Waals surface area contributed by atoms with Crippen LogP contribution in [0, 0.1) is 0 Å². The first-order valence-electron chi connectivity index (χ1n) is 6.69. The molecule has 1 aromatic carbocycles. The van der Waals surface area contributed by atoms with Gasteiger partial charge in [0.05, 0.1) is 12.3 Å². The highest BCUT2D eigenvalue weighted by Crippen LogP contribution is 2.08. The van der Waals surface area contributed by atoms with Gasteiger partial charge in [0.15, 0.2) is 0 Å². The van der Waals surface area contributed by atoms with Crippen molar-refractivity contribution in [1.82, 2.24) is 5.32 Å². The van der Waals surface area contributed by atoms with Crippen molar-refractivity contribution in [2.75, 3.05) is 13.1 Å². The van der Waals surface area contributed by atoms with Crippen LogP contribution in [0.15, 0.2) is 54.0 Å². The minimum Gasteiger partial charge on any atom is -0.465 e. The van der Waals surface area contributed by atoms with Gasteiger partial charge in [-0.05, 0) is 25.0 Å². The van der Waals surface area contributed by atoms with Gasteiger partial charge in [-0.25, -0.2) is 4.79 Å². The molecule has 0 spiro atoms. The Morgan fingerprint density at radius 3 is 2.52 bits per heavy atom. The van der Waals surface area contributed by atoms with Crippen LogP contribution < -0.4 is 11.1 Å². The molecule has 0 atom stereocenters. The van der Waals surface area contributed by atoms with Crippen molar-refractivity contribution >= 4 is 6.09 Å². The summed E-state index contributed by atoms with van der Waals surface area (Å²) in [6.07, 6.45) is -0.508. The van der Waals surface area contributed by atoms with Crippen LogP contribution in [0.3, 0.4) is 0 Å². The fraction of sp³-hybridized carbons (Fsp3) is 0.312. The number of amides is 1. The third-order valence-corrected chi connectivity index (χ3v) is 2.69. The van der Waals surface area contributed by atoms with Gasteiger partial charge in [0, 0.05) is 6.54 Å². The second-order valence-corrected chi connectivity index (χ2v) is 4.63. The first-order valence-corrected chi connectivity index (χ1v) is 6.69. The molecule has 0 aliphatic rings. The van der Waals surface area contributed by atoms with Crippen LogP contribution in [0.5, 0.6) is 0 Å². The van der Waals surface area contributed by atoms with Gasteiger partial charge in [0.2, 0.25) is 0 Å². The summed E-state index contributed by atoms with van der Waals surface area (Å²) in [5.41, 5.74) is 7.36. The van der Waals surface area contributed by atoms with Gasteiger partial charge >= 0.3 is 6.09 Å². The molecule has 0 aromatic heterocycles. The predicted molar refractivity (Wildman–Crippen MR) is 82.3 cm³/mol. The Balaban J connectivity index is 2.45. The molecule has 0 unspecified atom stereocenters. The van der Waals surface area contributed by atoms with Gasteiger partial charge in [0.1, 0.15) is 12.4 Å². The Morgan fingerprint density at radius 2 is 1.95 bits per heavy atom. The molecule has 114 valence electrons. The molecule has 21 heavy (non-hydrogen) atoms. The molecule has 1 amide bonds. The van der Waals surface area contributed by atoms with Gasteiger partial charge in [-0.1, -0.05) is 36.9 Å². The average molecular weight is 290 g/mol. The molecule has 0 aliphatic heterocycles. The summed E-state index contributed by atoms with van der Waals surface area (Å²) in [7, 11) is 0. The molecule has 0 bridgehead atoms. The van der Waals surface area contributed by atoms with E-state index in [1.54, 1.807) is 6.92 Å². The highest BCUT2D eigenvalue weighted by atomic mass is 16.5. The Kier molecular flexibility index (Phi) is 7.04. The Morgan fingerprint density at radius 1 is 1.29 bits per heavy atom. The molecule has 5 nitrogen and oxygen atoms in total.